The van der Waals surface area contributed by atoms with Crippen LogP contribution in [0.25, 0.3) is 0 Å². The fourth-order valence-electron chi connectivity index (χ4n) is 3.55. The van der Waals surface area contributed by atoms with Gasteiger partial charge in [-0.05, 0) is 36.2 Å². The molecule has 25 heavy (non-hydrogen) atoms. The lowest BCUT2D eigenvalue weighted by Crippen LogP contribution is -2.26. The van der Waals surface area contributed by atoms with Crippen molar-refractivity contribution in [3.05, 3.63) is 53.6 Å². The largest absolute Gasteiger partial charge is 0.497 e. The first-order valence-corrected chi connectivity index (χ1v) is 8.30. The summed E-state index contributed by atoms with van der Waals surface area (Å²) in [5, 5.41) is 12.6. The number of hydrogen-bond donors (Lipinski definition) is 1. The number of nitrogens with zero attached hydrogens (tertiary/aromatic N) is 2. The molecule has 1 N–H and O–H groups in total. The number of rotatable bonds is 4. The van der Waals surface area contributed by atoms with E-state index in [0.29, 0.717) is 0 Å². The van der Waals surface area contributed by atoms with Gasteiger partial charge < -0.3 is 15.0 Å². The topological polar surface area (TPSA) is 65.4 Å². The minimum atomic E-state index is -0.270. The molecule has 3 rings (SSSR count). The van der Waals surface area contributed by atoms with Crippen LogP contribution in [0.1, 0.15) is 36.9 Å². The van der Waals surface area contributed by atoms with E-state index in [4.69, 9.17) is 4.74 Å². The van der Waals surface area contributed by atoms with Crippen molar-refractivity contribution in [2.75, 3.05) is 23.9 Å². The van der Waals surface area contributed by atoms with Gasteiger partial charge in [-0.3, -0.25) is 4.79 Å². The van der Waals surface area contributed by atoms with Crippen LogP contribution in [-0.2, 0) is 4.79 Å². The molecule has 0 bridgehead atoms. The van der Waals surface area contributed by atoms with Gasteiger partial charge in [0, 0.05) is 30.9 Å². The highest BCUT2D eigenvalue weighted by atomic mass is 16.5. The molecular weight excluding hydrogens is 314 g/mol. The third-order valence-electron chi connectivity index (χ3n) is 4.56. The molecule has 1 heterocycles. The van der Waals surface area contributed by atoms with Gasteiger partial charge in [-0.1, -0.05) is 18.2 Å². The van der Waals surface area contributed by atoms with Crippen molar-refractivity contribution >= 4 is 17.3 Å². The van der Waals surface area contributed by atoms with Crippen molar-refractivity contribution < 1.29 is 9.53 Å². The normalized spacial score (nSPS) is 18.4. The molecule has 1 amide bonds. The summed E-state index contributed by atoms with van der Waals surface area (Å²) in [5.41, 5.74) is 3.80. The molecular formula is C20H21N3O2. The van der Waals surface area contributed by atoms with E-state index in [1.165, 1.54) is 6.92 Å². The Morgan fingerprint density at radius 2 is 2.12 bits per heavy atom. The van der Waals surface area contributed by atoms with E-state index in [1.807, 2.05) is 42.5 Å². The summed E-state index contributed by atoms with van der Waals surface area (Å²) in [6.45, 7) is 4.34. The molecule has 1 aliphatic heterocycles. The fourth-order valence-corrected chi connectivity index (χ4v) is 3.55. The molecule has 2 atom stereocenters. The molecule has 0 aromatic heterocycles. The monoisotopic (exact) mass is 335 g/mol. The van der Waals surface area contributed by atoms with Crippen molar-refractivity contribution in [1.29, 1.82) is 5.26 Å². The highest BCUT2D eigenvalue weighted by Crippen LogP contribution is 2.49. The average Bonchev–Trinajstić information content (AvgIpc) is 2.93. The predicted molar refractivity (Wildman–Crippen MR) is 97.9 cm³/mol. The number of carbonyl (C=O) groups is 1. The van der Waals surface area contributed by atoms with Crippen LogP contribution in [-0.4, -0.2) is 19.6 Å². The van der Waals surface area contributed by atoms with E-state index < -0.39 is 0 Å². The van der Waals surface area contributed by atoms with Crippen LogP contribution < -0.4 is 15.0 Å². The summed E-state index contributed by atoms with van der Waals surface area (Å²) in [7, 11) is 1.64. The molecule has 2 unspecified atom stereocenters. The van der Waals surface area contributed by atoms with Gasteiger partial charge in [0.2, 0.25) is 5.91 Å². The van der Waals surface area contributed by atoms with Crippen molar-refractivity contribution in [3.63, 3.8) is 0 Å². The first-order chi connectivity index (χ1) is 12.1. The number of nitriles is 1. The third kappa shape index (κ3) is 3.03. The van der Waals surface area contributed by atoms with Crippen molar-refractivity contribution in [2.45, 2.75) is 25.8 Å². The summed E-state index contributed by atoms with van der Waals surface area (Å²) in [4.78, 5) is 13.6. The SMILES string of the molecule is CCN1c2cc(OC)ccc2C(C#N)C1c1cccc(NC(C)=O)c1. The Morgan fingerprint density at radius 1 is 1.32 bits per heavy atom. The maximum Gasteiger partial charge on any atom is 0.221 e. The highest BCUT2D eigenvalue weighted by Gasteiger charge is 2.39. The molecule has 0 saturated heterocycles. The number of hydrogen-bond acceptors (Lipinski definition) is 4. The smallest absolute Gasteiger partial charge is 0.221 e. The van der Waals surface area contributed by atoms with Gasteiger partial charge in [0.1, 0.15) is 5.75 Å². The summed E-state index contributed by atoms with van der Waals surface area (Å²) in [5.74, 6) is 0.399. The zero-order chi connectivity index (χ0) is 18.0. The van der Waals surface area contributed by atoms with Crippen LogP contribution in [0.4, 0.5) is 11.4 Å². The first-order valence-electron chi connectivity index (χ1n) is 8.30. The molecule has 2 aromatic rings. The van der Waals surface area contributed by atoms with Gasteiger partial charge in [0.05, 0.1) is 25.1 Å². The van der Waals surface area contributed by atoms with Crippen molar-refractivity contribution in [2.24, 2.45) is 0 Å². The minimum Gasteiger partial charge on any atom is -0.497 e. The van der Waals surface area contributed by atoms with Crippen molar-refractivity contribution in [1.82, 2.24) is 0 Å². The van der Waals surface area contributed by atoms with Gasteiger partial charge in [-0.2, -0.15) is 5.26 Å². The molecule has 0 radical (unpaired) electrons. The van der Waals surface area contributed by atoms with Gasteiger partial charge >= 0.3 is 0 Å². The summed E-state index contributed by atoms with van der Waals surface area (Å²) < 4.78 is 5.35. The van der Waals surface area contributed by atoms with E-state index >= 15 is 0 Å². The summed E-state index contributed by atoms with van der Waals surface area (Å²) in [6, 6.07) is 15.9. The van der Waals surface area contributed by atoms with Crippen molar-refractivity contribution in [3.8, 4) is 11.8 Å². The molecule has 128 valence electrons. The lowest BCUT2D eigenvalue weighted by molar-refractivity contribution is -0.114. The van der Waals surface area contributed by atoms with E-state index in [1.54, 1.807) is 7.11 Å². The van der Waals surface area contributed by atoms with Crippen LogP contribution in [0, 0.1) is 11.3 Å². The standard InChI is InChI=1S/C20H21N3O2/c1-4-23-19-11-16(25-3)8-9-17(19)18(12-21)20(23)14-6-5-7-15(10-14)22-13(2)24/h5-11,18,20H,4H2,1-3H3,(H,22,24). The second kappa shape index (κ2) is 6.86. The zero-order valence-electron chi connectivity index (χ0n) is 14.6. The number of anilines is 2. The average molecular weight is 335 g/mol. The van der Waals surface area contributed by atoms with Crippen LogP contribution in [0.2, 0.25) is 0 Å². The Bertz CT molecular complexity index is 841. The molecule has 1 aliphatic rings. The quantitative estimate of drug-likeness (QED) is 0.922. The zero-order valence-corrected chi connectivity index (χ0v) is 14.6. The molecule has 2 aromatic carbocycles. The Morgan fingerprint density at radius 3 is 2.76 bits per heavy atom. The van der Waals surface area contributed by atoms with E-state index in [9.17, 15) is 10.1 Å². The first kappa shape index (κ1) is 16.8. The number of methoxy groups -OCH3 is 1. The van der Waals surface area contributed by atoms with Gasteiger partial charge in [-0.25, -0.2) is 0 Å². The second-order valence-electron chi connectivity index (χ2n) is 6.07. The fraction of sp³-hybridized carbons (Fsp3) is 0.300. The molecule has 0 saturated carbocycles. The van der Waals surface area contributed by atoms with E-state index in [0.717, 1.165) is 34.8 Å². The Labute approximate surface area is 147 Å². The number of amides is 1. The number of ether oxygens (including phenoxy) is 1. The van der Waals surface area contributed by atoms with Crippen LogP contribution in [0.5, 0.6) is 5.75 Å². The molecule has 0 aliphatic carbocycles. The third-order valence-corrected chi connectivity index (χ3v) is 4.56. The molecule has 0 fully saturated rings. The lowest BCUT2D eigenvalue weighted by atomic mass is 9.91. The second-order valence-corrected chi connectivity index (χ2v) is 6.07. The Kier molecular flexibility index (Phi) is 4.62. The molecule has 5 nitrogen and oxygen atoms in total. The lowest BCUT2D eigenvalue weighted by Gasteiger charge is -2.28. The highest BCUT2D eigenvalue weighted by molar-refractivity contribution is 5.88. The predicted octanol–water partition coefficient (Wildman–Crippen LogP) is 3.84. The molecule has 5 heteroatoms. The maximum atomic E-state index is 11.3. The number of likely N-dealkylation sites (N-methyl/N-ethyl adjacent to an activating group) is 1. The van der Waals surface area contributed by atoms with Gasteiger partial charge in [0.25, 0.3) is 0 Å². The maximum absolute atomic E-state index is 11.3. The number of carbonyl (C=O) groups excluding carboxylic acids is 1. The number of benzene rings is 2. The number of fused-ring (bicyclic) bond motifs is 1. The summed E-state index contributed by atoms with van der Waals surface area (Å²) in [6.07, 6.45) is 0. The van der Waals surface area contributed by atoms with Crippen LogP contribution >= 0.6 is 0 Å². The van der Waals surface area contributed by atoms with E-state index in [2.05, 4.69) is 23.2 Å². The Balaban J connectivity index is 2.06. The van der Waals surface area contributed by atoms with Gasteiger partial charge in [-0.15, -0.1) is 0 Å². The van der Waals surface area contributed by atoms with Crippen LogP contribution in [0.15, 0.2) is 42.5 Å². The Hall–Kier alpha value is -3.00. The summed E-state index contributed by atoms with van der Waals surface area (Å²) >= 11 is 0. The van der Waals surface area contributed by atoms with Gasteiger partial charge in [0.15, 0.2) is 0 Å². The molecule has 0 spiro atoms. The number of nitrogens with one attached hydrogen (secondary N) is 1. The minimum absolute atomic E-state index is 0.0918. The van der Waals surface area contributed by atoms with Crippen LogP contribution in [0.3, 0.4) is 0 Å². The van der Waals surface area contributed by atoms with E-state index in [-0.39, 0.29) is 17.9 Å².